The van der Waals surface area contributed by atoms with Crippen molar-refractivity contribution in [3.05, 3.63) is 54.1 Å². The number of methoxy groups -OCH3 is 1. The Kier molecular flexibility index (Phi) is 7.73. The molecular weight excluding hydrogens is 398 g/mol. The Balaban J connectivity index is 1.49. The normalized spacial score (nSPS) is 16.0. The zero-order valence-electron chi connectivity index (χ0n) is 17.4. The lowest BCUT2D eigenvalue weighted by Gasteiger charge is -2.10. The van der Waals surface area contributed by atoms with Crippen molar-refractivity contribution in [2.24, 2.45) is 10.1 Å². The Morgan fingerprint density at radius 1 is 1.23 bits per heavy atom. The van der Waals surface area contributed by atoms with Crippen LogP contribution in [0.5, 0.6) is 5.75 Å². The molecule has 30 heavy (non-hydrogen) atoms. The predicted molar refractivity (Wildman–Crippen MR) is 126 cm³/mol. The first-order chi connectivity index (χ1) is 14.6. The molecule has 0 radical (unpaired) electrons. The average molecular weight is 426 g/mol. The Hall–Kier alpha value is -3.00. The van der Waals surface area contributed by atoms with Crippen LogP contribution in [0.25, 0.3) is 0 Å². The molecule has 0 unspecified atom stereocenters. The summed E-state index contributed by atoms with van der Waals surface area (Å²) in [7, 11) is 1.59. The standard InChI is InChI=1S/C22H27N5O2S/c1-4-18-13-24-22(30-18)25-17-11-9-16(10-12-17)15(2)26-27-21(28)14-23-19-7-5-6-8-20(19)29-3/h5-12,18,23H,4,13-14H2,1-3H3,(H,24,25)(H,27,28)/b26-15-/t18-/m0/s1. The number of benzene rings is 2. The number of thioether (sulfide) groups is 1. The molecular formula is C22H27N5O2S. The third-order valence-electron chi connectivity index (χ3n) is 4.62. The van der Waals surface area contributed by atoms with Crippen molar-refractivity contribution in [2.75, 3.05) is 30.8 Å². The van der Waals surface area contributed by atoms with Gasteiger partial charge in [-0.1, -0.05) is 43.0 Å². The molecule has 8 heteroatoms. The minimum Gasteiger partial charge on any atom is -0.495 e. The molecule has 0 bridgehead atoms. The van der Waals surface area contributed by atoms with Crippen molar-refractivity contribution in [1.29, 1.82) is 0 Å². The topological polar surface area (TPSA) is 87.1 Å². The van der Waals surface area contributed by atoms with Gasteiger partial charge in [0.1, 0.15) is 5.75 Å². The van der Waals surface area contributed by atoms with E-state index in [0.717, 1.165) is 40.8 Å². The lowest BCUT2D eigenvalue weighted by Crippen LogP contribution is -2.26. The zero-order valence-corrected chi connectivity index (χ0v) is 18.3. The second-order valence-electron chi connectivity index (χ2n) is 6.78. The lowest BCUT2D eigenvalue weighted by molar-refractivity contribution is -0.119. The number of hydrogen-bond donors (Lipinski definition) is 3. The predicted octanol–water partition coefficient (Wildman–Crippen LogP) is 3.94. The first-order valence-electron chi connectivity index (χ1n) is 9.87. The summed E-state index contributed by atoms with van der Waals surface area (Å²) in [5, 5.41) is 12.1. The van der Waals surface area contributed by atoms with E-state index < -0.39 is 0 Å². The number of carbonyl (C=O) groups excluding carboxylic acids is 1. The van der Waals surface area contributed by atoms with E-state index in [1.807, 2.05) is 55.5 Å². The van der Waals surface area contributed by atoms with Gasteiger partial charge in [-0.15, -0.1) is 0 Å². The van der Waals surface area contributed by atoms with E-state index in [4.69, 9.17) is 4.74 Å². The molecule has 0 fully saturated rings. The maximum atomic E-state index is 12.1. The first-order valence-corrected chi connectivity index (χ1v) is 10.8. The van der Waals surface area contributed by atoms with Crippen molar-refractivity contribution in [3.8, 4) is 5.75 Å². The van der Waals surface area contributed by atoms with Gasteiger partial charge in [0, 0.05) is 10.9 Å². The number of nitrogens with one attached hydrogen (secondary N) is 3. The number of carbonyl (C=O) groups is 1. The van der Waals surface area contributed by atoms with Crippen LogP contribution in [0.4, 0.5) is 11.4 Å². The SMILES string of the molecule is CC[C@H]1CN=C(Nc2ccc(/C(C)=N\NC(=O)CNc3ccccc3OC)cc2)S1. The van der Waals surface area contributed by atoms with E-state index in [2.05, 4.69) is 33.1 Å². The maximum Gasteiger partial charge on any atom is 0.259 e. The largest absolute Gasteiger partial charge is 0.495 e. The van der Waals surface area contributed by atoms with E-state index in [1.54, 1.807) is 18.9 Å². The van der Waals surface area contributed by atoms with E-state index in [-0.39, 0.29) is 12.5 Å². The number of ether oxygens (including phenoxy) is 1. The van der Waals surface area contributed by atoms with Crippen LogP contribution in [-0.4, -0.2) is 42.2 Å². The number of hydrogen-bond acceptors (Lipinski definition) is 7. The summed E-state index contributed by atoms with van der Waals surface area (Å²) in [6, 6.07) is 15.4. The van der Waals surface area contributed by atoms with Crippen LogP contribution in [0.3, 0.4) is 0 Å². The van der Waals surface area contributed by atoms with Crippen LogP contribution < -0.4 is 20.8 Å². The fraction of sp³-hybridized carbons (Fsp3) is 0.318. The van der Waals surface area contributed by atoms with Gasteiger partial charge in [-0.05, 0) is 43.2 Å². The molecule has 1 amide bonds. The van der Waals surface area contributed by atoms with Crippen molar-refractivity contribution in [2.45, 2.75) is 25.5 Å². The number of hydrazone groups is 1. The quantitative estimate of drug-likeness (QED) is 0.440. The van der Waals surface area contributed by atoms with Crippen LogP contribution in [0.15, 0.2) is 58.6 Å². The van der Waals surface area contributed by atoms with Crippen molar-refractivity contribution in [1.82, 2.24) is 5.43 Å². The van der Waals surface area contributed by atoms with Crippen molar-refractivity contribution in [3.63, 3.8) is 0 Å². The third-order valence-corrected chi connectivity index (χ3v) is 5.89. The molecule has 3 N–H and O–H groups in total. The minimum atomic E-state index is -0.236. The Labute approximate surface area is 181 Å². The van der Waals surface area contributed by atoms with Crippen LogP contribution >= 0.6 is 11.8 Å². The van der Waals surface area contributed by atoms with E-state index in [9.17, 15) is 4.79 Å². The van der Waals surface area contributed by atoms with Gasteiger partial charge in [0.2, 0.25) is 0 Å². The van der Waals surface area contributed by atoms with Gasteiger partial charge < -0.3 is 15.4 Å². The molecule has 3 rings (SSSR count). The molecule has 1 heterocycles. The van der Waals surface area contributed by atoms with E-state index in [1.165, 1.54) is 0 Å². The number of rotatable bonds is 8. The van der Waals surface area contributed by atoms with E-state index >= 15 is 0 Å². The molecule has 158 valence electrons. The minimum absolute atomic E-state index is 0.0958. The molecule has 0 spiro atoms. The summed E-state index contributed by atoms with van der Waals surface area (Å²) in [6.45, 7) is 5.01. The monoisotopic (exact) mass is 425 g/mol. The van der Waals surface area contributed by atoms with Gasteiger partial charge in [-0.2, -0.15) is 5.10 Å². The number of nitrogens with zero attached hydrogens (tertiary/aromatic N) is 2. The highest BCUT2D eigenvalue weighted by Gasteiger charge is 2.17. The molecule has 2 aromatic carbocycles. The van der Waals surface area contributed by atoms with Crippen molar-refractivity contribution < 1.29 is 9.53 Å². The molecule has 0 aromatic heterocycles. The van der Waals surface area contributed by atoms with Crippen LogP contribution in [0.1, 0.15) is 25.8 Å². The molecule has 2 aromatic rings. The Bertz CT molecular complexity index is 927. The van der Waals surface area contributed by atoms with Gasteiger partial charge in [-0.3, -0.25) is 9.79 Å². The molecule has 7 nitrogen and oxygen atoms in total. The summed E-state index contributed by atoms with van der Waals surface area (Å²) >= 11 is 1.79. The summed E-state index contributed by atoms with van der Waals surface area (Å²) in [6.07, 6.45) is 1.12. The number of anilines is 2. The van der Waals surface area contributed by atoms with E-state index in [0.29, 0.717) is 11.0 Å². The highest BCUT2D eigenvalue weighted by atomic mass is 32.2. The molecule has 0 saturated carbocycles. The second kappa shape index (κ2) is 10.7. The third kappa shape index (κ3) is 6.00. The molecule has 1 atom stereocenters. The summed E-state index contributed by atoms with van der Waals surface area (Å²) in [5.41, 5.74) is 5.99. The molecule has 1 aliphatic rings. The number of aliphatic imine (C=N–C) groups is 1. The van der Waals surface area contributed by atoms with Gasteiger partial charge in [0.15, 0.2) is 5.17 Å². The van der Waals surface area contributed by atoms with Crippen LogP contribution in [0, 0.1) is 0 Å². The summed E-state index contributed by atoms with van der Waals surface area (Å²) in [5.74, 6) is 0.450. The summed E-state index contributed by atoms with van der Waals surface area (Å²) < 4.78 is 5.26. The zero-order chi connectivity index (χ0) is 21.3. The molecule has 0 aliphatic carbocycles. The first kappa shape index (κ1) is 21.7. The maximum absolute atomic E-state index is 12.1. The number of amidine groups is 1. The van der Waals surface area contributed by atoms with Gasteiger partial charge in [-0.25, -0.2) is 5.43 Å². The highest BCUT2D eigenvalue weighted by Crippen LogP contribution is 2.25. The smallest absolute Gasteiger partial charge is 0.259 e. The fourth-order valence-electron chi connectivity index (χ4n) is 2.83. The average Bonchev–Trinajstić information content (AvgIpc) is 3.24. The van der Waals surface area contributed by atoms with Gasteiger partial charge in [0.05, 0.1) is 31.6 Å². The highest BCUT2D eigenvalue weighted by molar-refractivity contribution is 8.15. The van der Waals surface area contributed by atoms with Crippen molar-refractivity contribution >= 4 is 39.9 Å². The Morgan fingerprint density at radius 2 is 2.00 bits per heavy atom. The summed E-state index contributed by atoms with van der Waals surface area (Å²) in [4.78, 5) is 16.6. The van der Waals surface area contributed by atoms with Crippen LogP contribution in [-0.2, 0) is 4.79 Å². The number of amides is 1. The lowest BCUT2D eigenvalue weighted by atomic mass is 10.1. The molecule has 1 aliphatic heterocycles. The second-order valence-corrected chi connectivity index (χ2v) is 8.07. The van der Waals surface area contributed by atoms with Gasteiger partial charge >= 0.3 is 0 Å². The molecule has 0 saturated heterocycles. The fourth-order valence-corrected chi connectivity index (χ4v) is 3.79. The van der Waals surface area contributed by atoms with Crippen LogP contribution in [0.2, 0.25) is 0 Å². The number of para-hydroxylation sites is 2. The van der Waals surface area contributed by atoms with Gasteiger partial charge in [0.25, 0.3) is 5.91 Å². The Morgan fingerprint density at radius 3 is 2.70 bits per heavy atom.